The molecule has 1 aromatic heterocycles. The molecule has 88 valence electrons. The molecule has 1 aliphatic rings. The second-order valence-electron chi connectivity index (χ2n) is 4.27. The van der Waals surface area contributed by atoms with Crippen molar-refractivity contribution in [3.05, 3.63) is 41.2 Å². The molecule has 2 heterocycles. The fourth-order valence-electron chi connectivity index (χ4n) is 2.30. The average Bonchev–Trinajstić information content (AvgIpc) is 3.00. The van der Waals surface area contributed by atoms with E-state index >= 15 is 0 Å². The van der Waals surface area contributed by atoms with Gasteiger partial charge in [0.15, 0.2) is 0 Å². The van der Waals surface area contributed by atoms with Gasteiger partial charge in [-0.15, -0.1) is 0 Å². The van der Waals surface area contributed by atoms with Gasteiger partial charge in [-0.2, -0.15) is 0 Å². The van der Waals surface area contributed by atoms with Crippen molar-refractivity contribution in [2.75, 3.05) is 13.1 Å². The normalized spacial score (nSPS) is 19.7. The molecule has 0 amide bonds. The summed E-state index contributed by atoms with van der Waals surface area (Å²) in [5.41, 5.74) is 2.02. The number of rotatable bonds is 2. The molecule has 1 aliphatic heterocycles. The van der Waals surface area contributed by atoms with Gasteiger partial charge in [0.25, 0.3) is 0 Å². The lowest BCUT2D eigenvalue weighted by Crippen LogP contribution is -2.08. The SMILES string of the molecule is Clc1ccccc1-c1cnoc1C1CCNC1. The van der Waals surface area contributed by atoms with Gasteiger partial charge in [0.05, 0.1) is 6.20 Å². The van der Waals surface area contributed by atoms with E-state index in [4.69, 9.17) is 16.1 Å². The van der Waals surface area contributed by atoms with Gasteiger partial charge >= 0.3 is 0 Å². The van der Waals surface area contributed by atoms with Crippen molar-refractivity contribution in [2.45, 2.75) is 12.3 Å². The number of hydrogen-bond donors (Lipinski definition) is 1. The van der Waals surface area contributed by atoms with Gasteiger partial charge in [-0.3, -0.25) is 0 Å². The number of benzene rings is 1. The Bertz CT molecular complexity index is 518. The minimum Gasteiger partial charge on any atom is -0.360 e. The molecule has 3 rings (SSSR count). The van der Waals surface area contributed by atoms with Crippen molar-refractivity contribution < 1.29 is 4.52 Å². The van der Waals surface area contributed by atoms with E-state index in [1.807, 2.05) is 24.3 Å². The first-order chi connectivity index (χ1) is 8.36. The maximum Gasteiger partial charge on any atom is 0.148 e. The first kappa shape index (κ1) is 10.8. The molecule has 17 heavy (non-hydrogen) atoms. The van der Waals surface area contributed by atoms with Gasteiger partial charge in [-0.05, 0) is 19.0 Å². The van der Waals surface area contributed by atoms with Crippen LogP contribution in [0.1, 0.15) is 18.1 Å². The third kappa shape index (κ3) is 1.96. The fourth-order valence-corrected chi connectivity index (χ4v) is 2.54. The van der Waals surface area contributed by atoms with Gasteiger partial charge in [-0.25, -0.2) is 0 Å². The predicted octanol–water partition coefficient (Wildman–Crippen LogP) is 3.07. The summed E-state index contributed by atoms with van der Waals surface area (Å²) in [7, 11) is 0. The summed E-state index contributed by atoms with van der Waals surface area (Å²) >= 11 is 6.21. The van der Waals surface area contributed by atoms with Crippen molar-refractivity contribution in [1.29, 1.82) is 0 Å². The molecule has 1 aromatic carbocycles. The third-order valence-corrected chi connectivity index (χ3v) is 3.52. The van der Waals surface area contributed by atoms with Crippen LogP contribution in [0.15, 0.2) is 35.0 Å². The van der Waals surface area contributed by atoms with E-state index in [1.165, 1.54) is 0 Å². The first-order valence-electron chi connectivity index (χ1n) is 5.76. The Morgan fingerprint density at radius 3 is 2.94 bits per heavy atom. The van der Waals surface area contributed by atoms with Crippen LogP contribution in [-0.4, -0.2) is 18.2 Å². The van der Waals surface area contributed by atoms with Crippen molar-refractivity contribution in [3.8, 4) is 11.1 Å². The van der Waals surface area contributed by atoms with Crippen LogP contribution in [-0.2, 0) is 0 Å². The monoisotopic (exact) mass is 248 g/mol. The molecule has 0 bridgehead atoms. The predicted molar refractivity (Wildman–Crippen MR) is 67.2 cm³/mol. The molecule has 1 atom stereocenters. The highest BCUT2D eigenvalue weighted by Gasteiger charge is 2.24. The highest BCUT2D eigenvalue weighted by molar-refractivity contribution is 6.33. The minimum atomic E-state index is 0.406. The van der Waals surface area contributed by atoms with E-state index in [-0.39, 0.29) is 0 Å². The van der Waals surface area contributed by atoms with Crippen molar-refractivity contribution in [3.63, 3.8) is 0 Å². The molecule has 0 spiro atoms. The summed E-state index contributed by atoms with van der Waals surface area (Å²) in [6.45, 7) is 1.99. The lowest BCUT2D eigenvalue weighted by atomic mass is 9.98. The maximum atomic E-state index is 6.21. The highest BCUT2D eigenvalue weighted by atomic mass is 35.5. The summed E-state index contributed by atoms with van der Waals surface area (Å²) in [4.78, 5) is 0. The summed E-state index contributed by atoms with van der Waals surface area (Å²) < 4.78 is 5.41. The Morgan fingerprint density at radius 2 is 2.18 bits per heavy atom. The Balaban J connectivity index is 2.04. The topological polar surface area (TPSA) is 38.1 Å². The molecule has 1 saturated heterocycles. The Hall–Kier alpha value is -1.32. The number of nitrogens with one attached hydrogen (secondary N) is 1. The van der Waals surface area contributed by atoms with Crippen LogP contribution < -0.4 is 5.32 Å². The summed E-state index contributed by atoms with van der Waals surface area (Å²) in [6.07, 6.45) is 2.85. The second-order valence-corrected chi connectivity index (χ2v) is 4.68. The molecule has 0 saturated carbocycles. The van der Waals surface area contributed by atoms with E-state index in [2.05, 4.69) is 10.5 Å². The summed E-state index contributed by atoms with van der Waals surface area (Å²) in [6, 6.07) is 7.79. The molecule has 0 aliphatic carbocycles. The standard InChI is InChI=1S/C13H13ClN2O/c14-12-4-2-1-3-10(12)11-8-16-17-13(11)9-5-6-15-7-9/h1-4,8-9,15H,5-7H2. The molecule has 1 fully saturated rings. The van der Waals surface area contributed by atoms with Crippen LogP contribution in [0.25, 0.3) is 11.1 Å². The van der Waals surface area contributed by atoms with E-state index in [1.54, 1.807) is 6.20 Å². The van der Waals surface area contributed by atoms with Crippen LogP contribution in [0.3, 0.4) is 0 Å². The Kier molecular flexibility index (Phi) is 2.87. The number of aromatic nitrogens is 1. The summed E-state index contributed by atoms with van der Waals surface area (Å²) in [5, 5.41) is 7.99. The molecule has 2 aromatic rings. The number of nitrogens with zero attached hydrogens (tertiary/aromatic N) is 1. The maximum absolute atomic E-state index is 6.21. The smallest absolute Gasteiger partial charge is 0.148 e. The average molecular weight is 249 g/mol. The zero-order valence-electron chi connectivity index (χ0n) is 9.32. The molecule has 3 nitrogen and oxygen atoms in total. The largest absolute Gasteiger partial charge is 0.360 e. The van der Waals surface area contributed by atoms with Gasteiger partial charge in [0, 0.05) is 28.6 Å². The van der Waals surface area contributed by atoms with Crippen LogP contribution in [0.5, 0.6) is 0 Å². The van der Waals surface area contributed by atoms with Crippen LogP contribution in [0.2, 0.25) is 5.02 Å². The van der Waals surface area contributed by atoms with E-state index in [9.17, 15) is 0 Å². The number of halogens is 1. The second kappa shape index (κ2) is 4.51. The zero-order chi connectivity index (χ0) is 11.7. The lowest BCUT2D eigenvalue weighted by molar-refractivity contribution is 0.366. The number of hydrogen-bond acceptors (Lipinski definition) is 3. The van der Waals surface area contributed by atoms with Crippen LogP contribution in [0.4, 0.5) is 0 Å². The minimum absolute atomic E-state index is 0.406. The zero-order valence-corrected chi connectivity index (χ0v) is 10.1. The quantitative estimate of drug-likeness (QED) is 0.888. The molecular formula is C13H13ClN2O. The molecular weight excluding hydrogens is 236 g/mol. The van der Waals surface area contributed by atoms with E-state index < -0.39 is 0 Å². The van der Waals surface area contributed by atoms with Crippen molar-refractivity contribution in [1.82, 2.24) is 10.5 Å². The van der Waals surface area contributed by atoms with E-state index in [0.29, 0.717) is 5.92 Å². The first-order valence-corrected chi connectivity index (χ1v) is 6.14. The van der Waals surface area contributed by atoms with Crippen molar-refractivity contribution >= 4 is 11.6 Å². The fraction of sp³-hybridized carbons (Fsp3) is 0.308. The van der Waals surface area contributed by atoms with Gasteiger partial charge in [-0.1, -0.05) is 35.0 Å². The van der Waals surface area contributed by atoms with Crippen LogP contribution >= 0.6 is 11.6 Å². The molecule has 1 unspecified atom stereocenters. The highest BCUT2D eigenvalue weighted by Crippen LogP contribution is 2.35. The van der Waals surface area contributed by atoms with Gasteiger partial charge in [0.1, 0.15) is 5.76 Å². The van der Waals surface area contributed by atoms with E-state index in [0.717, 1.165) is 41.4 Å². The van der Waals surface area contributed by atoms with Crippen LogP contribution in [0, 0.1) is 0 Å². The van der Waals surface area contributed by atoms with Gasteiger partial charge in [0.2, 0.25) is 0 Å². The third-order valence-electron chi connectivity index (χ3n) is 3.19. The summed E-state index contributed by atoms with van der Waals surface area (Å²) in [5.74, 6) is 1.35. The van der Waals surface area contributed by atoms with Gasteiger partial charge < -0.3 is 9.84 Å². The molecule has 0 radical (unpaired) electrons. The Labute approximate surface area is 105 Å². The van der Waals surface area contributed by atoms with Crippen molar-refractivity contribution in [2.24, 2.45) is 0 Å². The Morgan fingerprint density at radius 1 is 1.29 bits per heavy atom. The molecule has 4 heteroatoms. The lowest BCUT2D eigenvalue weighted by Gasteiger charge is -2.07. The molecule has 1 N–H and O–H groups in total.